The molecule has 0 bridgehead atoms. The first-order valence-electron chi connectivity index (χ1n) is 11.3. The van der Waals surface area contributed by atoms with Crippen LogP contribution in [0.1, 0.15) is 24.0 Å². The molecular weight excluding hydrogens is 478 g/mol. The van der Waals surface area contributed by atoms with E-state index in [9.17, 15) is 4.79 Å². The summed E-state index contributed by atoms with van der Waals surface area (Å²) in [7, 11) is 1.61. The van der Waals surface area contributed by atoms with E-state index in [0.717, 1.165) is 16.7 Å². The fourth-order valence-electron chi connectivity index (χ4n) is 4.23. The van der Waals surface area contributed by atoms with Crippen molar-refractivity contribution in [1.82, 2.24) is 19.8 Å². The number of fused-ring (bicyclic) bond motifs is 1. The van der Waals surface area contributed by atoms with Gasteiger partial charge in [0.05, 0.1) is 24.8 Å². The highest BCUT2D eigenvalue weighted by atomic mass is 32.2. The zero-order valence-electron chi connectivity index (χ0n) is 19.3. The van der Waals surface area contributed by atoms with E-state index in [4.69, 9.17) is 13.6 Å². The van der Waals surface area contributed by atoms with E-state index in [1.54, 1.807) is 24.3 Å². The SMILES string of the molecule is COc1ccccc1-n1cnnc1SCC(=O)N1N=C(c2cc3ccccc3o2)CC1c1ccco1. The molecule has 5 aromatic rings. The molecule has 36 heavy (non-hydrogen) atoms. The monoisotopic (exact) mass is 499 g/mol. The summed E-state index contributed by atoms with van der Waals surface area (Å²) in [5.74, 6) is 1.93. The van der Waals surface area contributed by atoms with Crippen molar-refractivity contribution < 1.29 is 18.4 Å². The zero-order chi connectivity index (χ0) is 24.5. The Kier molecular flexibility index (Phi) is 5.78. The van der Waals surface area contributed by atoms with E-state index >= 15 is 0 Å². The van der Waals surface area contributed by atoms with Gasteiger partial charge in [0.15, 0.2) is 10.9 Å². The minimum absolute atomic E-state index is 0.113. The van der Waals surface area contributed by atoms with Crippen LogP contribution in [0, 0.1) is 0 Å². The van der Waals surface area contributed by atoms with Crippen LogP contribution in [0.15, 0.2) is 98.4 Å². The molecular formula is C26H21N5O4S. The Morgan fingerprint density at radius 2 is 2.00 bits per heavy atom. The first-order chi connectivity index (χ1) is 17.7. The lowest BCUT2D eigenvalue weighted by Gasteiger charge is -2.19. The van der Waals surface area contributed by atoms with E-state index < -0.39 is 0 Å². The van der Waals surface area contributed by atoms with Crippen molar-refractivity contribution in [2.75, 3.05) is 12.9 Å². The number of amides is 1. The number of methoxy groups -OCH3 is 1. The van der Waals surface area contributed by atoms with Gasteiger partial charge in [-0.2, -0.15) is 5.10 Å². The van der Waals surface area contributed by atoms with Gasteiger partial charge in [-0.1, -0.05) is 42.1 Å². The van der Waals surface area contributed by atoms with Crippen molar-refractivity contribution >= 4 is 34.3 Å². The molecule has 1 amide bonds. The van der Waals surface area contributed by atoms with Crippen LogP contribution in [0.3, 0.4) is 0 Å². The number of hydrogen-bond acceptors (Lipinski definition) is 8. The quantitative estimate of drug-likeness (QED) is 0.288. The fourth-order valence-corrected chi connectivity index (χ4v) is 5.00. The number of furan rings is 2. The van der Waals surface area contributed by atoms with Crippen LogP contribution in [-0.4, -0.2) is 44.3 Å². The Hall–Kier alpha value is -4.31. The Morgan fingerprint density at radius 1 is 1.14 bits per heavy atom. The topological polar surface area (TPSA) is 98.9 Å². The highest BCUT2D eigenvalue weighted by Gasteiger charge is 2.36. The summed E-state index contributed by atoms with van der Waals surface area (Å²) in [5.41, 5.74) is 2.27. The number of rotatable bonds is 7. The molecule has 180 valence electrons. The number of carbonyl (C=O) groups excluding carboxylic acids is 1. The maximum Gasteiger partial charge on any atom is 0.253 e. The van der Waals surface area contributed by atoms with Crippen LogP contribution >= 0.6 is 11.8 Å². The number of hydrazone groups is 1. The summed E-state index contributed by atoms with van der Waals surface area (Å²) in [6.45, 7) is 0. The molecule has 0 fully saturated rings. The van der Waals surface area contributed by atoms with Gasteiger partial charge in [0.2, 0.25) is 0 Å². The van der Waals surface area contributed by atoms with E-state index in [0.29, 0.717) is 34.6 Å². The van der Waals surface area contributed by atoms with E-state index in [1.165, 1.54) is 16.8 Å². The van der Waals surface area contributed by atoms with Gasteiger partial charge in [-0.15, -0.1) is 10.2 Å². The number of carbonyl (C=O) groups is 1. The Balaban J connectivity index is 1.25. The second-order valence-electron chi connectivity index (χ2n) is 8.11. The number of thioether (sulfide) groups is 1. The average molecular weight is 500 g/mol. The molecule has 0 N–H and O–H groups in total. The molecule has 10 heteroatoms. The van der Waals surface area contributed by atoms with Gasteiger partial charge in [0, 0.05) is 11.8 Å². The van der Waals surface area contributed by atoms with E-state index in [1.807, 2.05) is 66.7 Å². The standard InChI is InChI=1S/C26H21N5O4S/c1-33-22-10-5-3-8-19(22)30-16-27-28-26(30)36-15-25(32)31-20(23-11-6-12-34-23)14-18(29-31)24-13-17-7-2-4-9-21(17)35-24/h2-13,16,20H,14-15H2,1H3. The first-order valence-corrected chi connectivity index (χ1v) is 12.3. The summed E-state index contributed by atoms with van der Waals surface area (Å²) in [5, 5.41) is 15.9. The molecule has 1 unspecified atom stereocenters. The third-order valence-electron chi connectivity index (χ3n) is 5.93. The van der Waals surface area contributed by atoms with Crippen molar-refractivity contribution in [1.29, 1.82) is 0 Å². The van der Waals surface area contributed by atoms with Gasteiger partial charge in [-0.25, -0.2) is 5.01 Å². The molecule has 2 aromatic carbocycles. The summed E-state index contributed by atoms with van der Waals surface area (Å²) < 4.78 is 18.9. The molecule has 3 aromatic heterocycles. The van der Waals surface area contributed by atoms with Crippen molar-refractivity contribution in [2.24, 2.45) is 5.10 Å². The van der Waals surface area contributed by atoms with Crippen molar-refractivity contribution in [3.8, 4) is 11.4 Å². The maximum absolute atomic E-state index is 13.4. The number of benzene rings is 2. The smallest absolute Gasteiger partial charge is 0.253 e. The van der Waals surface area contributed by atoms with Gasteiger partial charge >= 0.3 is 0 Å². The second-order valence-corrected chi connectivity index (χ2v) is 9.06. The van der Waals surface area contributed by atoms with Gasteiger partial charge in [-0.05, 0) is 36.4 Å². The number of para-hydroxylation sites is 3. The molecule has 1 aliphatic heterocycles. The summed E-state index contributed by atoms with van der Waals surface area (Å²) in [4.78, 5) is 13.4. The molecule has 1 atom stereocenters. The minimum atomic E-state index is -0.358. The Labute approximate surface area is 210 Å². The highest BCUT2D eigenvalue weighted by Crippen LogP contribution is 2.35. The molecule has 0 saturated heterocycles. The summed E-state index contributed by atoms with van der Waals surface area (Å²) >= 11 is 1.28. The van der Waals surface area contributed by atoms with Crippen LogP contribution < -0.4 is 4.74 Å². The number of aromatic nitrogens is 3. The third-order valence-corrected chi connectivity index (χ3v) is 6.86. The van der Waals surface area contributed by atoms with Crippen LogP contribution in [0.5, 0.6) is 5.75 Å². The second kappa shape index (κ2) is 9.38. The zero-order valence-corrected chi connectivity index (χ0v) is 20.1. The molecule has 1 aliphatic rings. The Morgan fingerprint density at radius 3 is 2.83 bits per heavy atom. The predicted molar refractivity (Wildman–Crippen MR) is 134 cm³/mol. The van der Waals surface area contributed by atoms with Gasteiger partial charge in [0.25, 0.3) is 5.91 Å². The maximum atomic E-state index is 13.4. The summed E-state index contributed by atoms with van der Waals surface area (Å²) in [6, 6.07) is 20.6. The molecule has 0 saturated carbocycles. The number of ether oxygens (including phenoxy) is 1. The van der Waals surface area contributed by atoms with Crippen molar-refractivity contribution in [3.05, 3.63) is 90.8 Å². The summed E-state index contributed by atoms with van der Waals surface area (Å²) in [6.07, 6.45) is 3.69. The lowest BCUT2D eigenvalue weighted by atomic mass is 10.1. The molecule has 0 aliphatic carbocycles. The normalized spacial score (nSPS) is 15.4. The van der Waals surface area contributed by atoms with E-state index in [-0.39, 0.29) is 17.7 Å². The third kappa shape index (κ3) is 4.05. The van der Waals surface area contributed by atoms with E-state index in [2.05, 4.69) is 15.3 Å². The van der Waals surface area contributed by atoms with Gasteiger partial charge in [-0.3, -0.25) is 9.36 Å². The molecule has 0 radical (unpaired) electrons. The molecule has 6 rings (SSSR count). The lowest BCUT2D eigenvalue weighted by Crippen LogP contribution is -2.28. The lowest BCUT2D eigenvalue weighted by molar-refractivity contribution is -0.130. The Bertz CT molecular complexity index is 1520. The first kappa shape index (κ1) is 22.2. The largest absolute Gasteiger partial charge is 0.495 e. The van der Waals surface area contributed by atoms with Crippen LogP contribution in [0.2, 0.25) is 0 Å². The molecule has 9 nitrogen and oxygen atoms in total. The highest BCUT2D eigenvalue weighted by molar-refractivity contribution is 7.99. The van der Waals surface area contributed by atoms with Crippen molar-refractivity contribution in [2.45, 2.75) is 17.6 Å². The molecule has 0 spiro atoms. The number of nitrogens with zero attached hydrogens (tertiary/aromatic N) is 5. The molecule has 4 heterocycles. The van der Waals surface area contributed by atoms with Crippen LogP contribution in [0.4, 0.5) is 0 Å². The number of hydrogen-bond donors (Lipinski definition) is 0. The van der Waals surface area contributed by atoms with Crippen LogP contribution in [0.25, 0.3) is 16.7 Å². The minimum Gasteiger partial charge on any atom is -0.495 e. The van der Waals surface area contributed by atoms with Gasteiger partial charge < -0.3 is 13.6 Å². The average Bonchev–Trinajstić information content (AvgIpc) is 3.72. The predicted octanol–water partition coefficient (Wildman–Crippen LogP) is 5.09. The van der Waals surface area contributed by atoms with Crippen LogP contribution in [-0.2, 0) is 4.79 Å². The van der Waals surface area contributed by atoms with Crippen molar-refractivity contribution in [3.63, 3.8) is 0 Å². The van der Waals surface area contributed by atoms with Gasteiger partial charge in [0.1, 0.15) is 35.2 Å². The fraction of sp³-hybridized carbons (Fsp3) is 0.154.